The lowest BCUT2D eigenvalue weighted by Crippen LogP contribution is -2.16. The summed E-state index contributed by atoms with van der Waals surface area (Å²) in [5, 5.41) is 2.75. The van der Waals surface area contributed by atoms with Crippen LogP contribution in [0.3, 0.4) is 0 Å². The second kappa shape index (κ2) is 9.45. The van der Waals surface area contributed by atoms with Gasteiger partial charge < -0.3 is 10.1 Å². The molecule has 5 nitrogen and oxygen atoms in total. The van der Waals surface area contributed by atoms with Crippen LogP contribution in [-0.2, 0) is 4.74 Å². The molecule has 1 amide bonds. The van der Waals surface area contributed by atoms with Crippen molar-refractivity contribution in [1.82, 2.24) is 4.98 Å². The van der Waals surface area contributed by atoms with Crippen molar-refractivity contribution in [2.75, 3.05) is 11.9 Å². The number of rotatable bonds is 6. The maximum atomic E-state index is 13.7. The zero-order valence-electron chi connectivity index (χ0n) is 15.9. The van der Waals surface area contributed by atoms with Gasteiger partial charge in [0, 0.05) is 22.3 Å². The molecule has 0 aliphatic rings. The van der Waals surface area contributed by atoms with E-state index in [4.69, 9.17) is 16.3 Å². The fourth-order valence-corrected chi connectivity index (χ4v) is 2.90. The van der Waals surface area contributed by atoms with Gasteiger partial charge in [-0.2, -0.15) is 0 Å². The fraction of sp³-hybridized carbons (Fsp3) is 0.136. The van der Waals surface area contributed by atoms with Gasteiger partial charge in [-0.1, -0.05) is 24.6 Å². The third-order valence-electron chi connectivity index (χ3n) is 4.15. The first-order chi connectivity index (χ1) is 14.4. The van der Waals surface area contributed by atoms with Crippen LogP contribution in [0.5, 0.6) is 0 Å². The van der Waals surface area contributed by atoms with Gasteiger partial charge in [-0.15, -0.1) is 0 Å². The first-order valence-corrected chi connectivity index (χ1v) is 9.47. The monoisotopic (exact) mass is 430 g/mol. The van der Waals surface area contributed by atoms with E-state index in [9.17, 15) is 18.4 Å². The number of pyridine rings is 1. The maximum Gasteiger partial charge on any atom is 0.338 e. The number of nitrogens with one attached hydrogen (secondary N) is 1. The lowest BCUT2D eigenvalue weighted by molar-refractivity contribution is 0.0505. The van der Waals surface area contributed by atoms with Crippen LogP contribution in [0.2, 0.25) is 5.02 Å². The summed E-state index contributed by atoms with van der Waals surface area (Å²) in [7, 11) is 0. The molecule has 0 atom stereocenters. The van der Waals surface area contributed by atoms with E-state index in [1.165, 1.54) is 18.3 Å². The molecule has 8 heteroatoms. The predicted molar refractivity (Wildman–Crippen MR) is 110 cm³/mol. The van der Waals surface area contributed by atoms with E-state index in [0.717, 1.165) is 12.1 Å². The summed E-state index contributed by atoms with van der Waals surface area (Å²) in [4.78, 5) is 28.3. The standard InChI is InChI=1S/C22H17ClF2N2O3/c1-2-10-30-22(29)13-6-8-16(23)15(11-13)14-7-9-19(26-12-14)27-21(28)20-17(24)4-3-5-18(20)25/h3-9,11-12H,2,10H2,1H3,(H,26,27,28). The molecule has 3 rings (SSSR count). The van der Waals surface area contributed by atoms with E-state index >= 15 is 0 Å². The lowest BCUT2D eigenvalue weighted by Gasteiger charge is -2.10. The summed E-state index contributed by atoms with van der Waals surface area (Å²) in [6.45, 7) is 2.21. The Kier molecular flexibility index (Phi) is 6.74. The Morgan fingerprint density at radius 3 is 2.47 bits per heavy atom. The number of aromatic nitrogens is 1. The van der Waals surface area contributed by atoms with E-state index < -0.39 is 29.1 Å². The minimum absolute atomic E-state index is 0.0982. The summed E-state index contributed by atoms with van der Waals surface area (Å²) >= 11 is 6.25. The van der Waals surface area contributed by atoms with Crippen molar-refractivity contribution in [3.05, 3.63) is 82.5 Å². The Morgan fingerprint density at radius 1 is 1.10 bits per heavy atom. The number of carbonyl (C=O) groups is 2. The normalized spacial score (nSPS) is 10.5. The van der Waals surface area contributed by atoms with Crippen LogP contribution in [-0.4, -0.2) is 23.5 Å². The van der Waals surface area contributed by atoms with Gasteiger partial charge in [0.15, 0.2) is 0 Å². The first kappa shape index (κ1) is 21.4. The second-order valence-corrected chi connectivity index (χ2v) is 6.72. The number of anilines is 1. The molecule has 0 spiro atoms. The molecule has 0 fully saturated rings. The van der Waals surface area contributed by atoms with Gasteiger partial charge in [0.25, 0.3) is 5.91 Å². The second-order valence-electron chi connectivity index (χ2n) is 6.31. The van der Waals surface area contributed by atoms with Gasteiger partial charge in [-0.25, -0.2) is 18.6 Å². The summed E-state index contributed by atoms with van der Waals surface area (Å²) in [6, 6.07) is 11.0. The zero-order chi connectivity index (χ0) is 21.7. The van der Waals surface area contributed by atoms with Gasteiger partial charge >= 0.3 is 5.97 Å². The van der Waals surface area contributed by atoms with Crippen molar-refractivity contribution in [3.63, 3.8) is 0 Å². The van der Waals surface area contributed by atoms with Crippen LogP contribution >= 0.6 is 11.6 Å². The molecule has 0 saturated carbocycles. The molecule has 154 valence electrons. The van der Waals surface area contributed by atoms with Gasteiger partial charge in [0.05, 0.1) is 12.2 Å². The largest absolute Gasteiger partial charge is 0.462 e. The van der Waals surface area contributed by atoms with E-state index in [1.54, 1.807) is 24.3 Å². The SMILES string of the molecule is CCCOC(=O)c1ccc(Cl)c(-c2ccc(NC(=O)c3c(F)cccc3F)nc2)c1. The molecule has 0 aliphatic heterocycles. The minimum atomic E-state index is -0.970. The number of nitrogens with zero attached hydrogens (tertiary/aromatic N) is 1. The Morgan fingerprint density at radius 2 is 1.83 bits per heavy atom. The summed E-state index contributed by atoms with van der Waals surface area (Å²) in [5.74, 6) is -3.26. The summed E-state index contributed by atoms with van der Waals surface area (Å²) < 4.78 is 32.6. The number of halogens is 3. The highest BCUT2D eigenvalue weighted by Crippen LogP contribution is 2.29. The van der Waals surface area contributed by atoms with Crippen LogP contribution in [0, 0.1) is 11.6 Å². The number of benzene rings is 2. The Labute approximate surface area is 176 Å². The molecular formula is C22H17ClF2N2O3. The van der Waals surface area contributed by atoms with Crippen molar-refractivity contribution in [3.8, 4) is 11.1 Å². The Hall–Kier alpha value is -3.32. The number of carbonyl (C=O) groups excluding carboxylic acids is 2. The number of hydrogen-bond acceptors (Lipinski definition) is 4. The Bertz CT molecular complexity index is 1070. The van der Waals surface area contributed by atoms with Crippen molar-refractivity contribution in [2.45, 2.75) is 13.3 Å². The molecule has 1 heterocycles. The number of hydrogen-bond donors (Lipinski definition) is 1. The highest BCUT2D eigenvalue weighted by atomic mass is 35.5. The lowest BCUT2D eigenvalue weighted by atomic mass is 10.0. The summed E-state index contributed by atoms with van der Waals surface area (Å²) in [6.07, 6.45) is 2.13. The third kappa shape index (κ3) is 4.80. The molecule has 0 unspecified atom stereocenters. The van der Waals surface area contributed by atoms with E-state index in [1.807, 2.05) is 6.92 Å². The molecule has 0 aliphatic carbocycles. The van der Waals surface area contributed by atoms with Crippen molar-refractivity contribution in [2.24, 2.45) is 0 Å². The minimum Gasteiger partial charge on any atom is -0.462 e. The fourth-order valence-electron chi connectivity index (χ4n) is 2.67. The molecular weight excluding hydrogens is 414 g/mol. The van der Waals surface area contributed by atoms with Gasteiger partial charge in [-0.05, 0) is 48.9 Å². The van der Waals surface area contributed by atoms with Crippen molar-refractivity contribution in [1.29, 1.82) is 0 Å². The molecule has 0 bridgehead atoms. The van der Waals surface area contributed by atoms with Crippen LogP contribution in [0.15, 0.2) is 54.7 Å². The van der Waals surface area contributed by atoms with Gasteiger partial charge in [0.1, 0.15) is 23.0 Å². The maximum absolute atomic E-state index is 13.7. The number of ether oxygens (including phenoxy) is 1. The summed E-state index contributed by atoms with van der Waals surface area (Å²) in [5.41, 5.74) is 0.785. The van der Waals surface area contributed by atoms with E-state index in [0.29, 0.717) is 34.7 Å². The topological polar surface area (TPSA) is 68.3 Å². The molecule has 0 radical (unpaired) electrons. The van der Waals surface area contributed by atoms with E-state index in [-0.39, 0.29) is 5.82 Å². The van der Waals surface area contributed by atoms with Crippen LogP contribution in [0.25, 0.3) is 11.1 Å². The van der Waals surface area contributed by atoms with Crippen LogP contribution in [0.4, 0.5) is 14.6 Å². The third-order valence-corrected chi connectivity index (χ3v) is 4.47. The first-order valence-electron chi connectivity index (χ1n) is 9.09. The smallest absolute Gasteiger partial charge is 0.338 e. The molecule has 1 aromatic heterocycles. The van der Waals surface area contributed by atoms with Gasteiger partial charge in [-0.3, -0.25) is 4.79 Å². The quantitative estimate of drug-likeness (QED) is 0.524. The van der Waals surface area contributed by atoms with Crippen LogP contribution < -0.4 is 5.32 Å². The average Bonchev–Trinajstić information content (AvgIpc) is 2.73. The predicted octanol–water partition coefficient (Wildman–Crippen LogP) is 5.50. The van der Waals surface area contributed by atoms with Gasteiger partial charge in [0.2, 0.25) is 0 Å². The highest BCUT2D eigenvalue weighted by molar-refractivity contribution is 6.33. The molecule has 3 aromatic rings. The van der Waals surface area contributed by atoms with Crippen molar-refractivity contribution < 1.29 is 23.1 Å². The van der Waals surface area contributed by atoms with Crippen LogP contribution in [0.1, 0.15) is 34.1 Å². The highest BCUT2D eigenvalue weighted by Gasteiger charge is 2.18. The van der Waals surface area contributed by atoms with E-state index in [2.05, 4.69) is 10.3 Å². The molecule has 2 aromatic carbocycles. The Balaban J connectivity index is 1.80. The number of amides is 1. The zero-order valence-corrected chi connectivity index (χ0v) is 16.7. The molecule has 0 saturated heterocycles. The average molecular weight is 431 g/mol. The molecule has 30 heavy (non-hydrogen) atoms. The molecule has 1 N–H and O–H groups in total. The number of esters is 1. The van der Waals surface area contributed by atoms with Crippen molar-refractivity contribution >= 4 is 29.3 Å².